The lowest BCUT2D eigenvalue weighted by Crippen LogP contribution is -2.46. The molecule has 19 heavy (non-hydrogen) atoms. The molecular formula is C12H14F3NO3. The van der Waals surface area contributed by atoms with E-state index in [0.29, 0.717) is 12.8 Å². The second kappa shape index (κ2) is 4.54. The molecule has 2 N–H and O–H groups in total. The number of aliphatic carboxylic acids is 1. The van der Waals surface area contributed by atoms with Gasteiger partial charge in [0, 0.05) is 17.2 Å². The summed E-state index contributed by atoms with van der Waals surface area (Å²) in [4.78, 5) is 22.1. The van der Waals surface area contributed by atoms with Crippen LogP contribution in [0.25, 0.3) is 0 Å². The zero-order valence-electron chi connectivity index (χ0n) is 10.3. The first-order chi connectivity index (χ1) is 8.73. The van der Waals surface area contributed by atoms with Gasteiger partial charge in [-0.25, -0.2) is 0 Å². The molecule has 2 aliphatic rings. The Morgan fingerprint density at radius 1 is 1.32 bits per heavy atom. The van der Waals surface area contributed by atoms with Crippen LogP contribution >= 0.6 is 0 Å². The van der Waals surface area contributed by atoms with E-state index in [4.69, 9.17) is 5.11 Å². The van der Waals surface area contributed by atoms with Gasteiger partial charge in [-0.15, -0.1) is 0 Å². The van der Waals surface area contributed by atoms with E-state index < -0.39 is 24.0 Å². The molecular weight excluding hydrogens is 263 g/mol. The number of hydrogen-bond donors (Lipinski definition) is 2. The number of carboxylic acid groups (broad SMARTS) is 1. The first-order valence-electron chi connectivity index (χ1n) is 6.08. The van der Waals surface area contributed by atoms with E-state index in [2.05, 4.69) is 5.32 Å². The molecule has 106 valence electrons. The topological polar surface area (TPSA) is 66.4 Å². The van der Waals surface area contributed by atoms with Gasteiger partial charge in [0.05, 0.1) is 0 Å². The number of hydrogen-bond acceptors (Lipinski definition) is 3. The largest absolute Gasteiger partial charge is 0.480 e. The lowest BCUT2D eigenvalue weighted by Gasteiger charge is -2.38. The number of ketones is 1. The van der Waals surface area contributed by atoms with Gasteiger partial charge in [-0.05, 0) is 25.7 Å². The SMILES string of the molecule is CC(NC1=C(C(=O)C(F)(F)F)C2CCCC12)C(=O)O. The summed E-state index contributed by atoms with van der Waals surface area (Å²) in [7, 11) is 0. The maximum atomic E-state index is 12.5. The number of Topliss-reactive ketones (excluding diaryl/α,β-unsaturated/α-hetero) is 1. The number of halogens is 3. The van der Waals surface area contributed by atoms with Gasteiger partial charge in [-0.1, -0.05) is 6.42 Å². The molecule has 0 bridgehead atoms. The Morgan fingerprint density at radius 3 is 2.42 bits per heavy atom. The van der Waals surface area contributed by atoms with Crippen LogP contribution < -0.4 is 5.32 Å². The molecule has 7 heteroatoms. The average molecular weight is 277 g/mol. The van der Waals surface area contributed by atoms with Gasteiger partial charge in [0.25, 0.3) is 5.78 Å². The fraction of sp³-hybridized carbons (Fsp3) is 0.667. The van der Waals surface area contributed by atoms with Crippen LogP contribution in [0.5, 0.6) is 0 Å². The molecule has 4 nitrogen and oxygen atoms in total. The summed E-state index contributed by atoms with van der Waals surface area (Å²) in [6.07, 6.45) is -2.87. The van der Waals surface area contributed by atoms with E-state index in [1.54, 1.807) is 0 Å². The molecule has 3 unspecified atom stereocenters. The quantitative estimate of drug-likeness (QED) is 0.823. The van der Waals surface area contributed by atoms with Crippen molar-refractivity contribution in [2.24, 2.45) is 11.8 Å². The van der Waals surface area contributed by atoms with Crippen LogP contribution in [0.1, 0.15) is 26.2 Å². The van der Waals surface area contributed by atoms with Crippen molar-refractivity contribution in [3.8, 4) is 0 Å². The number of nitrogens with one attached hydrogen (secondary N) is 1. The first-order valence-corrected chi connectivity index (χ1v) is 6.08. The van der Waals surface area contributed by atoms with Crippen molar-refractivity contribution in [3.63, 3.8) is 0 Å². The minimum Gasteiger partial charge on any atom is -0.480 e. The Labute approximate surface area is 107 Å². The maximum absolute atomic E-state index is 12.5. The molecule has 1 saturated carbocycles. The van der Waals surface area contributed by atoms with Crippen LogP contribution in [0.2, 0.25) is 0 Å². The minimum atomic E-state index is -4.90. The second-order valence-electron chi connectivity index (χ2n) is 5.00. The van der Waals surface area contributed by atoms with E-state index >= 15 is 0 Å². The summed E-state index contributed by atoms with van der Waals surface area (Å²) in [5, 5.41) is 11.3. The van der Waals surface area contributed by atoms with E-state index in [-0.39, 0.29) is 23.1 Å². The maximum Gasteiger partial charge on any atom is 0.454 e. The van der Waals surface area contributed by atoms with Crippen molar-refractivity contribution in [3.05, 3.63) is 11.3 Å². The molecule has 0 aliphatic heterocycles. The van der Waals surface area contributed by atoms with Crippen molar-refractivity contribution < 1.29 is 27.9 Å². The fourth-order valence-corrected chi connectivity index (χ4v) is 2.88. The van der Waals surface area contributed by atoms with Gasteiger partial charge in [-0.3, -0.25) is 9.59 Å². The highest BCUT2D eigenvalue weighted by molar-refractivity contribution is 6.02. The molecule has 3 atom stereocenters. The number of rotatable bonds is 4. The first kappa shape index (κ1) is 13.9. The Hall–Kier alpha value is -1.53. The van der Waals surface area contributed by atoms with Crippen LogP contribution in [0.3, 0.4) is 0 Å². The van der Waals surface area contributed by atoms with Gasteiger partial charge in [-0.2, -0.15) is 13.2 Å². The predicted molar refractivity (Wildman–Crippen MR) is 59.2 cm³/mol. The molecule has 0 spiro atoms. The lowest BCUT2D eigenvalue weighted by molar-refractivity contribution is -0.168. The van der Waals surface area contributed by atoms with Crippen molar-refractivity contribution >= 4 is 11.8 Å². The van der Waals surface area contributed by atoms with Crippen LogP contribution in [0.4, 0.5) is 13.2 Å². The van der Waals surface area contributed by atoms with Crippen molar-refractivity contribution in [1.82, 2.24) is 5.32 Å². The summed E-state index contributed by atoms with van der Waals surface area (Å²) in [6.45, 7) is 1.34. The Balaban J connectivity index is 2.27. The molecule has 0 heterocycles. The van der Waals surface area contributed by atoms with Crippen molar-refractivity contribution in [1.29, 1.82) is 0 Å². The third kappa shape index (κ3) is 2.33. The minimum absolute atomic E-state index is 0.122. The molecule has 0 saturated heterocycles. The number of allylic oxidation sites excluding steroid dienone is 2. The number of alkyl halides is 3. The van der Waals surface area contributed by atoms with Crippen molar-refractivity contribution in [2.45, 2.75) is 38.4 Å². The summed E-state index contributed by atoms with van der Waals surface area (Å²) >= 11 is 0. The van der Waals surface area contributed by atoms with Gasteiger partial charge in [0.2, 0.25) is 0 Å². The van der Waals surface area contributed by atoms with Gasteiger partial charge in [0.1, 0.15) is 6.04 Å². The third-order valence-electron chi connectivity index (χ3n) is 3.79. The predicted octanol–water partition coefficient (Wildman–Crippen LogP) is 1.86. The Kier molecular flexibility index (Phi) is 3.32. The fourth-order valence-electron chi connectivity index (χ4n) is 2.88. The standard InChI is InChI=1S/C12H14F3NO3/c1-5(11(18)19)16-9-7-4-2-3-6(7)8(9)10(17)12(13,14)15/h5-7,16H,2-4H2,1H3,(H,18,19). The Morgan fingerprint density at radius 2 is 1.89 bits per heavy atom. The molecule has 2 rings (SSSR count). The molecule has 2 aliphatic carbocycles. The van der Waals surface area contributed by atoms with E-state index in [0.717, 1.165) is 6.42 Å². The van der Waals surface area contributed by atoms with E-state index in [1.807, 2.05) is 0 Å². The second-order valence-corrected chi connectivity index (χ2v) is 5.00. The molecule has 0 radical (unpaired) electrons. The smallest absolute Gasteiger partial charge is 0.454 e. The van der Waals surface area contributed by atoms with Crippen molar-refractivity contribution in [2.75, 3.05) is 0 Å². The van der Waals surface area contributed by atoms with E-state index in [1.165, 1.54) is 6.92 Å². The van der Waals surface area contributed by atoms with Gasteiger partial charge < -0.3 is 10.4 Å². The number of fused-ring (bicyclic) bond motifs is 1. The highest BCUT2D eigenvalue weighted by Crippen LogP contribution is 2.52. The molecule has 0 aromatic carbocycles. The third-order valence-corrected chi connectivity index (χ3v) is 3.79. The van der Waals surface area contributed by atoms with E-state index in [9.17, 15) is 22.8 Å². The zero-order valence-corrected chi connectivity index (χ0v) is 10.3. The lowest BCUT2D eigenvalue weighted by atomic mass is 9.71. The average Bonchev–Trinajstić information content (AvgIpc) is 2.68. The zero-order chi connectivity index (χ0) is 14.4. The highest BCUT2D eigenvalue weighted by atomic mass is 19.4. The number of carbonyl (C=O) groups is 2. The van der Waals surface area contributed by atoms with Crippen LogP contribution in [-0.4, -0.2) is 29.1 Å². The molecule has 1 fully saturated rings. The summed E-state index contributed by atoms with van der Waals surface area (Å²) < 4.78 is 37.6. The number of carboxylic acids is 1. The Bertz CT molecular complexity index is 456. The van der Waals surface area contributed by atoms with Gasteiger partial charge in [0.15, 0.2) is 0 Å². The summed E-state index contributed by atoms with van der Waals surface area (Å²) in [6, 6.07) is -1.01. The summed E-state index contributed by atoms with van der Waals surface area (Å²) in [5.41, 5.74) is -0.0807. The van der Waals surface area contributed by atoms with Crippen LogP contribution in [-0.2, 0) is 9.59 Å². The molecule has 0 aromatic heterocycles. The van der Waals surface area contributed by atoms with Crippen LogP contribution in [0.15, 0.2) is 11.3 Å². The normalized spacial score (nSPS) is 27.6. The summed E-state index contributed by atoms with van der Waals surface area (Å²) in [5.74, 6) is -3.48. The highest BCUT2D eigenvalue weighted by Gasteiger charge is 2.53. The monoisotopic (exact) mass is 277 g/mol. The van der Waals surface area contributed by atoms with Gasteiger partial charge >= 0.3 is 12.1 Å². The number of carbonyl (C=O) groups excluding carboxylic acids is 1. The molecule has 0 aromatic rings. The molecule has 0 amide bonds. The van der Waals surface area contributed by atoms with Crippen LogP contribution in [0, 0.1) is 11.8 Å².